The van der Waals surface area contributed by atoms with Gasteiger partial charge in [0.1, 0.15) is 11.5 Å². The molecule has 0 radical (unpaired) electrons. The summed E-state index contributed by atoms with van der Waals surface area (Å²) < 4.78 is 12.2. The van der Waals surface area contributed by atoms with Crippen LogP contribution in [0.15, 0.2) is 83.7 Å². The lowest BCUT2D eigenvalue weighted by atomic mass is 10.1. The molecular formula is C26H23N3O5. The minimum atomic E-state index is -0.775. The van der Waals surface area contributed by atoms with Crippen LogP contribution in [0.4, 0.5) is 5.69 Å². The second kappa shape index (κ2) is 10.4. The van der Waals surface area contributed by atoms with Crippen molar-refractivity contribution in [3.63, 3.8) is 0 Å². The molecule has 0 bridgehead atoms. The average molecular weight is 457 g/mol. The number of hydrogen-bond acceptors (Lipinski definition) is 6. The van der Waals surface area contributed by atoms with Crippen molar-refractivity contribution >= 4 is 28.3 Å². The van der Waals surface area contributed by atoms with E-state index in [9.17, 15) is 14.4 Å². The summed E-state index contributed by atoms with van der Waals surface area (Å²) in [6.07, 6.45) is 0.678. The lowest BCUT2D eigenvalue weighted by Gasteiger charge is -2.11. The predicted octanol–water partition coefficient (Wildman–Crippen LogP) is 4.39. The number of hydrogen-bond donors (Lipinski definition) is 1. The van der Waals surface area contributed by atoms with E-state index in [1.807, 2.05) is 37.3 Å². The summed E-state index contributed by atoms with van der Waals surface area (Å²) in [5.41, 5.74) is 0.256. The summed E-state index contributed by atoms with van der Waals surface area (Å²) in [6.45, 7) is 1.78. The number of anilines is 1. The van der Waals surface area contributed by atoms with Crippen LogP contribution in [0.2, 0.25) is 0 Å². The van der Waals surface area contributed by atoms with Crippen molar-refractivity contribution in [1.29, 1.82) is 0 Å². The molecule has 1 amide bonds. The van der Waals surface area contributed by atoms with Gasteiger partial charge in [-0.2, -0.15) is 5.10 Å². The molecule has 0 aliphatic heterocycles. The van der Waals surface area contributed by atoms with Gasteiger partial charge in [-0.05, 0) is 48.9 Å². The van der Waals surface area contributed by atoms with Gasteiger partial charge in [-0.1, -0.05) is 43.3 Å². The summed E-state index contributed by atoms with van der Waals surface area (Å²) in [4.78, 5) is 37.6. The number of ether oxygens (including phenoxy) is 2. The zero-order valence-electron chi connectivity index (χ0n) is 18.6. The number of esters is 1. The van der Waals surface area contributed by atoms with Crippen LogP contribution in [-0.4, -0.2) is 28.3 Å². The Kier molecular flexibility index (Phi) is 6.98. The van der Waals surface area contributed by atoms with Crippen LogP contribution in [0.1, 0.15) is 23.8 Å². The maximum atomic E-state index is 12.7. The van der Waals surface area contributed by atoms with Crippen LogP contribution in [-0.2, 0) is 16.1 Å². The molecule has 4 aromatic rings. The first-order valence-corrected chi connectivity index (χ1v) is 10.8. The average Bonchev–Trinajstić information content (AvgIpc) is 2.86. The molecule has 3 aromatic carbocycles. The molecule has 34 heavy (non-hydrogen) atoms. The van der Waals surface area contributed by atoms with E-state index in [1.54, 1.807) is 48.5 Å². The molecule has 0 spiro atoms. The molecular weight excluding hydrogens is 434 g/mol. The number of rotatable bonds is 8. The summed E-state index contributed by atoms with van der Waals surface area (Å²) >= 11 is 0. The third-order valence-corrected chi connectivity index (χ3v) is 4.95. The first-order valence-electron chi connectivity index (χ1n) is 10.8. The van der Waals surface area contributed by atoms with Gasteiger partial charge in [-0.3, -0.25) is 9.59 Å². The first kappa shape index (κ1) is 22.7. The van der Waals surface area contributed by atoms with Gasteiger partial charge in [0.05, 0.1) is 5.39 Å². The van der Waals surface area contributed by atoms with Crippen LogP contribution in [0.25, 0.3) is 10.8 Å². The SMILES string of the molecule is CCCn1nc(C(=O)OCC(=O)Nc2ccc(Oc3ccccc3)cc2)c2ccccc2c1=O. The third kappa shape index (κ3) is 5.29. The fourth-order valence-corrected chi connectivity index (χ4v) is 3.38. The molecule has 0 atom stereocenters. The highest BCUT2D eigenvalue weighted by Crippen LogP contribution is 2.22. The number of nitrogens with zero attached hydrogens (tertiary/aromatic N) is 2. The summed E-state index contributed by atoms with van der Waals surface area (Å²) in [7, 11) is 0. The van der Waals surface area contributed by atoms with E-state index in [4.69, 9.17) is 9.47 Å². The summed E-state index contributed by atoms with van der Waals surface area (Å²) in [5, 5.41) is 7.61. The number of amides is 1. The van der Waals surface area contributed by atoms with Gasteiger partial charge in [-0.25, -0.2) is 9.48 Å². The smallest absolute Gasteiger partial charge is 0.359 e. The maximum Gasteiger partial charge on any atom is 0.359 e. The zero-order chi connectivity index (χ0) is 23.9. The monoisotopic (exact) mass is 457 g/mol. The topological polar surface area (TPSA) is 99.5 Å². The van der Waals surface area contributed by atoms with Gasteiger partial charge in [0.2, 0.25) is 0 Å². The standard InChI is InChI=1S/C26H23N3O5/c1-2-16-29-25(31)22-11-7-6-10-21(22)24(28-29)26(32)33-17-23(30)27-18-12-14-20(15-13-18)34-19-8-4-3-5-9-19/h3-15H,2,16-17H2,1H3,(H,27,30). The van der Waals surface area contributed by atoms with Crippen molar-refractivity contribution in [3.8, 4) is 11.5 Å². The molecule has 0 saturated carbocycles. The molecule has 8 nitrogen and oxygen atoms in total. The number of aromatic nitrogens is 2. The molecule has 0 aliphatic carbocycles. The number of carbonyl (C=O) groups is 2. The van der Waals surface area contributed by atoms with Crippen molar-refractivity contribution < 1.29 is 19.1 Å². The summed E-state index contributed by atoms with van der Waals surface area (Å²) in [6, 6.07) is 22.9. The third-order valence-electron chi connectivity index (χ3n) is 4.95. The number of para-hydroxylation sites is 1. The van der Waals surface area contributed by atoms with Crippen molar-refractivity contribution in [3.05, 3.63) is 94.9 Å². The second-order valence-corrected chi connectivity index (χ2v) is 7.49. The van der Waals surface area contributed by atoms with E-state index in [2.05, 4.69) is 10.4 Å². The van der Waals surface area contributed by atoms with E-state index in [0.29, 0.717) is 40.9 Å². The number of benzene rings is 3. The molecule has 1 aromatic heterocycles. The highest BCUT2D eigenvalue weighted by Gasteiger charge is 2.19. The van der Waals surface area contributed by atoms with Gasteiger partial charge < -0.3 is 14.8 Å². The molecule has 0 aliphatic rings. The van der Waals surface area contributed by atoms with E-state index < -0.39 is 18.5 Å². The molecule has 4 rings (SSSR count). The Morgan fingerprint density at radius 1 is 0.882 bits per heavy atom. The van der Waals surface area contributed by atoms with Gasteiger partial charge in [0.15, 0.2) is 12.3 Å². The fraction of sp³-hybridized carbons (Fsp3) is 0.154. The Morgan fingerprint density at radius 2 is 1.53 bits per heavy atom. The van der Waals surface area contributed by atoms with Gasteiger partial charge >= 0.3 is 5.97 Å². The van der Waals surface area contributed by atoms with E-state index in [1.165, 1.54) is 4.68 Å². The molecule has 0 fully saturated rings. The van der Waals surface area contributed by atoms with Crippen LogP contribution in [0, 0.1) is 0 Å². The molecule has 0 saturated heterocycles. The van der Waals surface area contributed by atoms with Crippen LogP contribution < -0.4 is 15.6 Å². The quantitative estimate of drug-likeness (QED) is 0.394. The number of carbonyl (C=O) groups excluding carboxylic acids is 2. The fourth-order valence-electron chi connectivity index (χ4n) is 3.38. The normalized spacial score (nSPS) is 10.6. The van der Waals surface area contributed by atoms with E-state index in [0.717, 1.165) is 0 Å². The Balaban J connectivity index is 1.39. The van der Waals surface area contributed by atoms with Crippen LogP contribution in [0.5, 0.6) is 11.5 Å². The molecule has 1 heterocycles. The largest absolute Gasteiger partial charge is 0.457 e. The minimum Gasteiger partial charge on any atom is -0.457 e. The van der Waals surface area contributed by atoms with Crippen molar-refractivity contribution in [2.75, 3.05) is 11.9 Å². The van der Waals surface area contributed by atoms with Crippen molar-refractivity contribution in [1.82, 2.24) is 9.78 Å². The van der Waals surface area contributed by atoms with Crippen molar-refractivity contribution in [2.24, 2.45) is 0 Å². The molecule has 1 N–H and O–H groups in total. The first-order chi connectivity index (χ1) is 16.5. The van der Waals surface area contributed by atoms with Gasteiger partial charge in [-0.15, -0.1) is 0 Å². The number of aryl methyl sites for hydroxylation is 1. The van der Waals surface area contributed by atoms with Crippen molar-refractivity contribution in [2.45, 2.75) is 19.9 Å². The van der Waals surface area contributed by atoms with Crippen LogP contribution in [0.3, 0.4) is 0 Å². The minimum absolute atomic E-state index is 0.00105. The van der Waals surface area contributed by atoms with Crippen LogP contribution >= 0.6 is 0 Å². The second-order valence-electron chi connectivity index (χ2n) is 7.49. The Hall–Kier alpha value is -4.46. The lowest BCUT2D eigenvalue weighted by Crippen LogP contribution is -2.27. The maximum absolute atomic E-state index is 12.7. The highest BCUT2D eigenvalue weighted by atomic mass is 16.5. The highest BCUT2D eigenvalue weighted by molar-refractivity contribution is 6.03. The molecule has 0 unspecified atom stereocenters. The predicted molar refractivity (Wildman–Crippen MR) is 128 cm³/mol. The zero-order valence-corrected chi connectivity index (χ0v) is 18.6. The Morgan fingerprint density at radius 3 is 2.24 bits per heavy atom. The Bertz CT molecular complexity index is 1370. The van der Waals surface area contributed by atoms with E-state index >= 15 is 0 Å². The number of fused-ring (bicyclic) bond motifs is 1. The lowest BCUT2D eigenvalue weighted by molar-refractivity contribution is -0.119. The van der Waals surface area contributed by atoms with E-state index in [-0.39, 0.29) is 11.3 Å². The summed E-state index contributed by atoms with van der Waals surface area (Å²) in [5.74, 6) is 0.0486. The molecule has 172 valence electrons. The van der Waals surface area contributed by atoms with Gasteiger partial charge in [0, 0.05) is 17.6 Å². The number of nitrogens with one attached hydrogen (secondary N) is 1. The molecule has 8 heteroatoms. The Labute approximate surface area is 195 Å². The van der Waals surface area contributed by atoms with Gasteiger partial charge in [0.25, 0.3) is 11.5 Å².